The molecule has 19 heavy (non-hydrogen) atoms. The molecule has 1 aliphatic heterocycles. The summed E-state index contributed by atoms with van der Waals surface area (Å²) in [5.74, 6) is 1.67. The molecule has 5 heteroatoms. The second-order valence-electron chi connectivity index (χ2n) is 5.88. The smallest absolute Gasteiger partial charge is 0.214 e. The van der Waals surface area contributed by atoms with E-state index in [4.69, 9.17) is 0 Å². The van der Waals surface area contributed by atoms with Gasteiger partial charge in [0.15, 0.2) is 0 Å². The predicted molar refractivity (Wildman–Crippen MR) is 78.5 cm³/mol. The third kappa shape index (κ3) is 3.80. The van der Waals surface area contributed by atoms with Crippen LogP contribution in [0.3, 0.4) is 0 Å². The molecule has 2 aliphatic rings. The third-order valence-electron chi connectivity index (χ3n) is 4.47. The van der Waals surface area contributed by atoms with Crippen molar-refractivity contribution in [1.29, 1.82) is 0 Å². The van der Waals surface area contributed by atoms with Crippen LogP contribution in [-0.2, 0) is 10.0 Å². The first-order chi connectivity index (χ1) is 9.00. The molecule has 110 valence electrons. The fourth-order valence-corrected chi connectivity index (χ4v) is 4.67. The number of allylic oxidation sites excluding steroid dienone is 1. The second-order valence-corrected chi connectivity index (χ2v) is 7.97. The molecule has 1 fully saturated rings. The van der Waals surface area contributed by atoms with Gasteiger partial charge >= 0.3 is 0 Å². The predicted octanol–water partition coefficient (Wildman–Crippen LogP) is 1.60. The summed E-state index contributed by atoms with van der Waals surface area (Å²) >= 11 is 0. The van der Waals surface area contributed by atoms with Gasteiger partial charge in [0.25, 0.3) is 0 Å². The van der Waals surface area contributed by atoms with Crippen LogP contribution in [0.25, 0.3) is 0 Å². The Labute approximate surface area is 117 Å². The minimum atomic E-state index is -2.93. The summed E-state index contributed by atoms with van der Waals surface area (Å²) in [6.45, 7) is 7.57. The Morgan fingerprint density at radius 1 is 1.47 bits per heavy atom. The van der Waals surface area contributed by atoms with Gasteiger partial charge in [-0.25, -0.2) is 12.7 Å². The SMILES string of the molecule is CC1=CCC[C@@H](C)[C@@H]1CNCCN1CCCS1(=O)=O. The van der Waals surface area contributed by atoms with Crippen molar-refractivity contribution < 1.29 is 8.42 Å². The van der Waals surface area contributed by atoms with Crippen LogP contribution in [0.5, 0.6) is 0 Å². The normalized spacial score (nSPS) is 31.4. The molecule has 1 saturated heterocycles. The van der Waals surface area contributed by atoms with Crippen LogP contribution in [0, 0.1) is 11.8 Å². The maximum atomic E-state index is 11.7. The molecule has 4 nitrogen and oxygen atoms in total. The van der Waals surface area contributed by atoms with Gasteiger partial charge in [-0.1, -0.05) is 18.6 Å². The van der Waals surface area contributed by atoms with Gasteiger partial charge in [0.05, 0.1) is 5.75 Å². The summed E-state index contributed by atoms with van der Waals surface area (Å²) < 4.78 is 24.9. The number of hydrogen-bond donors (Lipinski definition) is 1. The minimum Gasteiger partial charge on any atom is -0.315 e. The summed E-state index contributed by atoms with van der Waals surface area (Å²) in [6.07, 6.45) is 5.60. The van der Waals surface area contributed by atoms with Crippen molar-refractivity contribution in [3.8, 4) is 0 Å². The van der Waals surface area contributed by atoms with Crippen LogP contribution < -0.4 is 5.32 Å². The molecule has 0 unspecified atom stereocenters. The molecule has 0 radical (unpaired) electrons. The van der Waals surface area contributed by atoms with Gasteiger partial charge in [0, 0.05) is 26.2 Å². The van der Waals surface area contributed by atoms with Crippen molar-refractivity contribution in [1.82, 2.24) is 9.62 Å². The average Bonchev–Trinajstić information content (AvgIpc) is 2.67. The highest BCUT2D eigenvalue weighted by Gasteiger charge is 2.27. The van der Waals surface area contributed by atoms with Crippen molar-refractivity contribution in [2.45, 2.75) is 33.1 Å². The first kappa shape index (κ1) is 15.0. The summed E-state index contributed by atoms with van der Waals surface area (Å²) in [7, 11) is -2.93. The maximum Gasteiger partial charge on any atom is 0.214 e. The Morgan fingerprint density at radius 3 is 2.89 bits per heavy atom. The molecule has 1 heterocycles. The minimum absolute atomic E-state index is 0.328. The molecular formula is C14H26N2O2S. The van der Waals surface area contributed by atoms with Gasteiger partial charge in [0.2, 0.25) is 10.0 Å². The van der Waals surface area contributed by atoms with Crippen LogP contribution in [0.2, 0.25) is 0 Å². The first-order valence-electron chi connectivity index (χ1n) is 7.36. The molecule has 1 aliphatic carbocycles. The Hall–Kier alpha value is -0.390. The van der Waals surface area contributed by atoms with Gasteiger partial charge in [-0.3, -0.25) is 0 Å². The van der Waals surface area contributed by atoms with Gasteiger partial charge in [-0.2, -0.15) is 0 Å². The van der Waals surface area contributed by atoms with Crippen molar-refractivity contribution in [3.05, 3.63) is 11.6 Å². The molecule has 0 aromatic carbocycles. The molecule has 1 N–H and O–H groups in total. The maximum absolute atomic E-state index is 11.7. The van der Waals surface area contributed by atoms with E-state index in [1.807, 2.05) is 0 Å². The third-order valence-corrected chi connectivity index (χ3v) is 6.42. The largest absolute Gasteiger partial charge is 0.315 e. The molecule has 2 rings (SSSR count). The topological polar surface area (TPSA) is 49.4 Å². The van der Waals surface area contributed by atoms with Crippen LogP contribution in [0.1, 0.15) is 33.1 Å². The lowest BCUT2D eigenvalue weighted by atomic mass is 9.80. The number of rotatable bonds is 5. The molecule has 2 atom stereocenters. The summed E-state index contributed by atoms with van der Waals surface area (Å²) in [6, 6.07) is 0. The number of nitrogens with one attached hydrogen (secondary N) is 1. The van der Waals surface area contributed by atoms with E-state index in [1.54, 1.807) is 4.31 Å². The van der Waals surface area contributed by atoms with E-state index < -0.39 is 10.0 Å². The van der Waals surface area contributed by atoms with Crippen molar-refractivity contribution in [3.63, 3.8) is 0 Å². The van der Waals surface area contributed by atoms with E-state index >= 15 is 0 Å². The lowest BCUT2D eigenvalue weighted by molar-refractivity contribution is 0.343. The monoisotopic (exact) mass is 286 g/mol. The molecule has 0 aromatic rings. The highest BCUT2D eigenvalue weighted by atomic mass is 32.2. The number of nitrogens with zero attached hydrogens (tertiary/aromatic N) is 1. The van der Waals surface area contributed by atoms with Gasteiger partial charge in [-0.05, 0) is 38.0 Å². The number of hydrogen-bond acceptors (Lipinski definition) is 3. The van der Waals surface area contributed by atoms with Crippen molar-refractivity contribution in [2.75, 3.05) is 31.9 Å². The Kier molecular flexibility index (Phi) is 5.03. The summed E-state index contributed by atoms with van der Waals surface area (Å²) in [5.41, 5.74) is 1.49. The van der Waals surface area contributed by atoms with Gasteiger partial charge < -0.3 is 5.32 Å². The number of sulfonamides is 1. The van der Waals surface area contributed by atoms with Crippen LogP contribution in [-0.4, -0.2) is 44.7 Å². The average molecular weight is 286 g/mol. The van der Waals surface area contributed by atoms with E-state index in [0.29, 0.717) is 24.8 Å². The summed E-state index contributed by atoms with van der Waals surface area (Å²) in [5, 5.41) is 3.43. The Balaban J connectivity index is 1.72. The quantitative estimate of drug-likeness (QED) is 0.617. The molecule has 0 spiro atoms. The standard InChI is InChI=1S/C14H26N2O2S/c1-12-5-3-6-13(2)14(12)11-15-7-9-16-8-4-10-19(16,17)18/h5,13-15H,3-4,6-11H2,1-2H3/t13-,14-/m1/s1. The van der Waals surface area contributed by atoms with Crippen LogP contribution in [0.4, 0.5) is 0 Å². The van der Waals surface area contributed by atoms with Gasteiger partial charge in [0.1, 0.15) is 0 Å². The van der Waals surface area contributed by atoms with Gasteiger partial charge in [-0.15, -0.1) is 0 Å². The highest BCUT2D eigenvalue weighted by molar-refractivity contribution is 7.89. The molecule has 0 saturated carbocycles. The van der Waals surface area contributed by atoms with E-state index in [1.165, 1.54) is 18.4 Å². The zero-order valence-electron chi connectivity index (χ0n) is 12.1. The zero-order chi connectivity index (χ0) is 13.9. The van der Waals surface area contributed by atoms with E-state index in [-0.39, 0.29) is 0 Å². The highest BCUT2D eigenvalue weighted by Crippen LogP contribution is 2.29. The Morgan fingerprint density at radius 2 is 2.26 bits per heavy atom. The molecular weight excluding hydrogens is 260 g/mol. The first-order valence-corrected chi connectivity index (χ1v) is 8.97. The van der Waals surface area contributed by atoms with E-state index in [9.17, 15) is 8.42 Å². The Bertz CT molecular complexity index is 431. The fraction of sp³-hybridized carbons (Fsp3) is 0.857. The second kappa shape index (κ2) is 6.37. The lowest BCUT2D eigenvalue weighted by Crippen LogP contribution is -2.36. The van der Waals surface area contributed by atoms with E-state index in [2.05, 4.69) is 25.2 Å². The van der Waals surface area contributed by atoms with E-state index in [0.717, 1.165) is 25.4 Å². The fourth-order valence-electron chi connectivity index (χ4n) is 3.14. The molecule has 0 aromatic heterocycles. The lowest BCUT2D eigenvalue weighted by Gasteiger charge is -2.29. The van der Waals surface area contributed by atoms with Crippen molar-refractivity contribution in [2.24, 2.45) is 11.8 Å². The molecule has 0 bridgehead atoms. The van der Waals surface area contributed by atoms with Crippen LogP contribution >= 0.6 is 0 Å². The van der Waals surface area contributed by atoms with Crippen molar-refractivity contribution >= 4 is 10.0 Å². The van der Waals surface area contributed by atoms with Crippen LogP contribution in [0.15, 0.2) is 11.6 Å². The zero-order valence-corrected chi connectivity index (χ0v) is 12.9. The summed E-state index contributed by atoms with van der Waals surface area (Å²) in [4.78, 5) is 0. The molecule has 0 amide bonds.